The Morgan fingerprint density at radius 1 is 1.08 bits per heavy atom. The number of ether oxygens (including phenoxy) is 2. The molecule has 2 aromatic rings. The largest absolute Gasteiger partial charge is 0.454 e. The molecule has 1 aliphatic rings. The lowest BCUT2D eigenvalue weighted by Gasteiger charge is -2.31. The molecule has 0 aromatic heterocycles. The highest BCUT2D eigenvalue weighted by Crippen LogP contribution is 2.36. The Kier molecular flexibility index (Phi) is 10.0. The number of nitrogens with one attached hydrogen (secondary N) is 1. The number of aryl methyl sites for hydroxylation is 1. The minimum Gasteiger partial charge on any atom is -0.454 e. The van der Waals surface area contributed by atoms with Crippen molar-refractivity contribution in [3.05, 3.63) is 53.6 Å². The van der Waals surface area contributed by atoms with Crippen molar-refractivity contribution in [3.8, 4) is 11.5 Å². The van der Waals surface area contributed by atoms with Gasteiger partial charge in [-0.2, -0.15) is 0 Å². The number of amides is 2. The molecule has 1 aliphatic heterocycles. The monoisotopic (exact) mass is 545 g/mol. The fourth-order valence-corrected chi connectivity index (χ4v) is 5.31. The van der Waals surface area contributed by atoms with Crippen molar-refractivity contribution in [1.82, 2.24) is 10.2 Å². The molecule has 2 aromatic carbocycles. The molecule has 0 radical (unpaired) electrons. The number of hydrogen-bond acceptors (Lipinski definition) is 6. The molecule has 0 fully saturated rings. The van der Waals surface area contributed by atoms with Crippen molar-refractivity contribution < 1.29 is 27.5 Å². The second-order valence-corrected chi connectivity index (χ2v) is 11.9. The number of benzene rings is 2. The van der Waals surface area contributed by atoms with Crippen molar-refractivity contribution in [2.45, 2.75) is 59.5 Å². The number of carbonyl (C=O) groups excluding carboxylic acids is 2. The molecule has 10 heteroatoms. The van der Waals surface area contributed by atoms with Crippen LogP contribution in [0.2, 0.25) is 0 Å². The molecule has 0 spiro atoms. The third-order valence-corrected chi connectivity index (χ3v) is 7.66. The van der Waals surface area contributed by atoms with Gasteiger partial charge in [-0.3, -0.25) is 13.9 Å². The summed E-state index contributed by atoms with van der Waals surface area (Å²) in [4.78, 5) is 28.3. The molecule has 0 unspecified atom stereocenters. The van der Waals surface area contributed by atoms with E-state index < -0.39 is 16.1 Å². The van der Waals surface area contributed by atoms with Crippen LogP contribution in [0.5, 0.6) is 11.5 Å². The van der Waals surface area contributed by atoms with Gasteiger partial charge in [-0.05, 0) is 48.9 Å². The predicted octanol–water partition coefficient (Wildman–Crippen LogP) is 3.85. The molecule has 1 atom stereocenters. The lowest BCUT2D eigenvalue weighted by Crippen LogP contribution is -2.49. The molecule has 3 rings (SSSR count). The van der Waals surface area contributed by atoms with Gasteiger partial charge in [-0.25, -0.2) is 8.42 Å². The van der Waals surface area contributed by atoms with Crippen molar-refractivity contribution in [2.75, 3.05) is 30.4 Å². The second-order valence-electron chi connectivity index (χ2n) is 9.99. The zero-order chi connectivity index (χ0) is 27.9. The molecule has 2 amide bonds. The van der Waals surface area contributed by atoms with Crippen molar-refractivity contribution >= 4 is 27.5 Å². The van der Waals surface area contributed by atoms with Gasteiger partial charge in [0.15, 0.2) is 11.5 Å². The van der Waals surface area contributed by atoms with E-state index in [1.54, 1.807) is 23.1 Å². The van der Waals surface area contributed by atoms with Gasteiger partial charge in [0, 0.05) is 32.1 Å². The average Bonchev–Trinajstić information content (AvgIpc) is 3.33. The smallest absolute Gasteiger partial charge is 0.242 e. The van der Waals surface area contributed by atoms with Crippen LogP contribution in [0, 0.1) is 12.8 Å². The molecular formula is C28H39N3O6S. The van der Waals surface area contributed by atoms with Gasteiger partial charge in [0.25, 0.3) is 0 Å². The zero-order valence-corrected chi connectivity index (χ0v) is 23.7. The second kappa shape index (κ2) is 13.0. The molecule has 0 bridgehead atoms. The van der Waals surface area contributed by atoms with Gasteiger partial charge in [0.1, 0.15) is 6.04 Å². The fraction of sp³-hybridized carbons (Fsp3) is 0.500. The van der Waals surface area contributed by atoms with Crippen molar-refractivity contribution in [2.24, 2.45) is 5.92 Å². The molecule has 38 heavy (non-hydrogen) atoms. The summed E-state index contributed by atoms with van der Waals surface area (Å²) in [5.41, 5.74) is 2.45. The van der Waals surface area contributed by atoms with E-state index in [9.17, 15) is 18.0 Å². The molecule has 9 nitrogen and oxygen atoms in total. The molecule has 0 saturated heterocycles. The summed E-state index contributed by atoms with van der Waals surface area (Å²) in [7, 11) is -3.61. The number of fused-ring (bicyclic) bond motifs is 1. The number of carbonyl (C=O) groups is 2. The van der Waals surface area contributed by atoms with E-state index >= 15 is 0 Å². The van der Waals surface area contributed by atoms with Crippen molar-refractivity contribution in [1.29, 1.82) is 0 Å². The molecule has 1 N–H and O–H groups in total. The van der Waals surface area contributed by atoms with E-state index in [2.05, 4.69) is 5.32 Å². The Bertz CT molecular complexity index is 1230. The number of rotatable bonds is 13. The Morgan fingerprint density at radius 2 is 1.79 bits per heavy atom. The summed E-state index contributed by atoms with van der Waals surface area (Å²) in [6.07, 6.45) is 1.98. The Morgan fingerprint density at radius 3 is 2.45 bits per heavy atom. The predicted molar refractivity (Wildman–Crippen MR) is 148 cm³/mol. The molecule has 0 aliphatic carbocycles. The van der Waals surface area contributed by atoms with Crippen LogP contribution >= 0.6 is 0 Å². The lowest BCUT2D eigenvalue weighted by molar-refractivity contribution is -0.141. The van der Waals surface area contributed by atoms with E-state index in [1.807, 2.05) is 52.0 Å². The first kappa shape index (κ1) is 29.3. The van der Waals surface area contributed by atoms with Gasteiger partial charge in [0.2, 0.25) is 28.6 Å². The SMILES string of the molecule is CC[C@H](C(=O)NCC(C)C)N(Cc1ccccc1C)C(=O)CCCN(c1ccc2c(c1)OCO2)S(C)(=O)=O. The molecular weight excluding hydrogens is 506 g/mol. The first-order chi connectivity index (χ1) is 18.0. The summed E-state index contributed by atoms with van der Waals surface area (Å²) in [5.74, 6) is 0.954. The quantitative estimate of drug-likeness (QED) is 0.410. The fourth-order valence-electron chi connectivity index (χ4n) is 4.36. The van der Waals surface area contributed by atoms with E-state index in [1.165, 1.54) is 4.31 Å². The topological polar surface area (TPSA) is 105 Å². The van der Waals surface area contributed by atoms with Gasteiger partial charge in [-0.1, -0.05) is 45.0 Å². The molecule has 0 saturated carbocycles. The summed E-state index contributed by atoms with van der Waals surface area (Å²) in [6.45, 7) is 8.94. The minimum absolute atomic E-state index is 0.0895. The van der Waals surface area contributed by atoms with Crippen LogP contribution in [0.1, 0.15) is 51.2 Å². The number of nitrogens with zero attached hydrogens (tertiary/aromatic N) is 2. The highest BCUT2D eigenvalue weighted by atomic mass is 32.2. The highest BCUT2D eigenvalue weighted by Gasteiger charge is 2.29. The van der Waals surface area contributed by atoms with Gasteiger partial charge < -0.3 is 19.7 Å². The first-order valence-electron chi connectivity index (χ1n) is 13.0. The normalized spacial score (nSPS) is 13.3. The number of sulfonamides is 1. The lowest BCUT2D eigenvalue weighted by atomic mass is 10.0. The third-order valence-electron chi connectivity index (χ3n) is 6.47. The summed E-state index contributed by atoms with van der Waals surface area (Å²) in [5, 5.41) is 2.96. The maximum atomic E-state index is 13.6. The molecule has 208 valence electrons. The van der Waals surface area contributed by atoms with Crippen LogP contribution in [0.4, 0.5) is 5.69 Å². The van der Waals surface area contributed by atoms with E-state index in [0.717, 1.165) is 17.4 Å². The van der Waals surface area contributed by atoms with Crippen LogP contribution in [0.3, 0.4) is 0 Å². The average molecular weight is 546 g/mol. The maximum Gasteiger partial charge on any atom is 0.242 e. The highest BCUT2D eigenvalue weighted by molar-refractivity contribution is 7.92. The van der Waals surface area contributed by atoms with Crippen LogP contribution in [0.25, 0.3) is 0 Å². The summed E-state index contributed by atoms with van der Waals surface area (Å²) < 4.78 is 37.2. The number of anilines is 1. The van der Waals surface area contributed by atoms with E-state index in [0.29, 0.717) is 36.7 Å². The standard InChI is InChI=1S/C28H39N3O6S/c1-6-24(28(33)29-17-20(2)3)30(18-22-11-8-7-10-21(22)4)27(32)12-9-15-31(38(5,34)35)23-13-14-25-26(16-23)37-19-36-25/h7-8,10-11,13-14,16,20,24H,6,9,12,15,17-19H2,1-5H3,(H,29,33)/t24-/m1/s1. The Labute approximate surface area is 226 Å². The zero-order valence-electron chi connectivity index (χ0n) is 22.9. The van der Waals surface area contributed by atoms with Gasteiger partial charge in [-0.15, -0.1) is 0 Å². The summed E-state index contributed by atoms with van der Waals surface area (Å²) in [6, 6.07) is 12.1. The Hall–Kier alpha value is -3.27. The third kappa shape index (κ3) is 7.63. The number of hydrogen-bond donors (Lipinski definition) is 1. The van der Waals surface area contributed by atoms with E-state index in [4.69, 9.17) is 9.47 Å². The molecule has 1 heterocycles. The van der Waals surface area contributed by atoms with Gasteiger partial charge >= 0.3 is 0 Å². The minimum atomic E-state index is -3.61. The van der Waals surface area contributed by atoms with E-state index in [-0.39, 0.29) is 43.9 Å². The van der Waals surface area contributed by atoms with Crippen molar-refractivity contribution in [3.63, 3.8) is 0 Å². The summed E-state index contributed by atoms with van der Waals surface area (Å²) >= 11 is 0. The van der Waals surface area contributed by atoms with Gasteiger partial charge in [0.05, 0.1) is 11.9 Å². The van der Waals surface area contributed by atoms with Crippen LogP contribution in [-0.2, 0) is 26.2 Å². The van der Waals surface area contributed by atoms with Crippen LogP contribution in [0.15, 0.2) is 42.5 Å². The van der Waals surface area contributed by atoms with Crippen LogP contribution < -0.4 is 19.1 Å². The first-order valence-corrected chi connectivity index (χ1v) is 14.8. The maximum absolute atomic E-state index is 13.6. The van der Waals surface area contributed by atoms with Crippen LogP contribution in [-0.4, -0.2) is 57.3 Å². The Balaban J connectivity index is 1.76.